The highest BCUT2D eigenvalue weighted by molar-refractivity contribution is 6.08. The van der Waals surface area contributed by atoms with Crippen molar-refractivity contribution in [1.29, 1.82) is 0 Å². The van der Waals surface area contributed by atoms with Crippen LogP contribution in [-0.4, -0.2) is 33.3 Å². The van der Waals surface area contributed by atoms with Crippen LogP contribution >= 0.6 is 0 Å². The molecule has 0 saturated heterocycles. The molecule has 1 saturated carbocycles. The molecule has 1 aliphatic heterocycles. The van der Waals surface area contributed by atoms with E-state index >= 15 is 0 Å². The van der Waals surface area contributed by atoms with E-state index in [2.05, 4.69) is 6.92 Å². The van der Waals surface area contributed by atoms with Crippen molar-refractivity contribution < 1.29 is 14.7 Å². The molecule has 0 radical (unpaired) electrons. The minimum absolute atomic E-state index is 0.0459. The van der Waals surface area contributed by atoms with E-state index in [-0.39, 0.29) is 18.2 Å². The molecule has 5 nitrogen and oxygen atoms in total. The molecule has 1 aliphatic carbocycles. The number of amidine groups is 1. The number of nitrogens with zero attached hydrogens (tertiary/aromatic N) is 2. The summed E-state index contributed by atoms with van der Waals surface area (Å²) in [5.41, 5.74) is 2.50. The van der Waals surface area contributed by atoms with Gasteiger partial charge in [-0.3, -0.25) is 19.5 Å². The van der Waals surface area contributed by atoms with Gasteiger partial charge in [0.25, 0.3) is 5.91 Å². The van der Waals surface area contributed by atoms with Gasteiger partial charge in [0.15, 0.2) is 0 Å². The molecule has 2 aromatic rings. The highest BCUT2D eigenvalue weighted by Crippen LogP contribution is 2.40. The van der Waals surface area contributed by atoms with Crippen LogP contribution in [0.25, 0.3) is 0 Å². The van der Waals surface area contributed by atoms with Gasteiger partial charge in [0, 0.05) is 12.3 Å². The van der Waals surface area contributed by atoms with Crippen LogP contribution in [0.15, 0.2) is 59.6 Å². The van der Waals surface area contributed by atoms with Gasteiger partial charge in [-0.1, -0.05) is 80.8 Å². The molecule has 1 atom stereocenters. The van der Waals surface area contributed by atoms with Crippen molar-refractivity contribution in [2.24, 2.45) is 4.99 Å². The molecule has 2 aliphatic rings. The molecule has 1 amide bonds. The summed E-state index contributed by atoms with van der Waals surface area (Å²) in [5, 5.41) is 9.42. The van der Waals surface area contributed by atoms with Crippen molar-refractivity contribution in [3.8, 4) is 0 Å². The summed E-state index contributed by atoms with van der Waals surface area (Å²) in [6.07, 6.45) is 6.88. The Hall–Kier alpha value is -2.95. The Morgan fingerprint density at radius 1 is 1.06 bits per heavy atom. The summed E-state index contributed by atoms with van der Waals surface area (Å²) in [6, 6.07) is 17.8. The fourth-order valence-corrected chi connectivity index (χ4v) is 5.02. The van der Waals surface area contributed by atoms with Crippen LogP contribution < -0.4 is 0 Å². The van der Waals surface area contributed by atoms with Crippen molar-refractivity contribution in [3.05, 3.63) is 71.3 Å². The molecule has 4 rings (SSSR count). The summed E-state index contributed by atoms with van der Waals surface area (Å²) in [5.74, 6) is 0.0953. The van der Waals surface area contributed by atoms with Crippen LogP contribution in [-0.2, 0) is 16.1 Å². The first-order valence-corrected chi connectivity index (χ1v) is 11.8. The van der Waals surface area contributed by atoms with Gasteiger partial charge in [0.2, 0.25) is 0 Å². The molecule has 1 fully saturated rings. The molecule has 0 aromatic heterocycles. The van der Waals surface area contributed by atoms with Gasteiger partial charge in [-0.2, -0.15) is 0 Å². The van der Waals surface area contributed by atoms with Crippen LogP contribution in [0.1, 0.15) is 80.9 Å². The first-order valence-electron chi connectivity index (χ1n) is 11.8. The minimum Gasteiger partial charge on any atom is -0.481 e. The summed E-state index contributed by atoms with van der Waals surface area (Å²) >= 11 is 0. The number of unbranched alkanes of at least 4 members (excludes halogenated alkanes) is 1. The van der Waals surface area contributed by atoms with E-state index in [9.17, 15) is 14.7 Å². The van der Waals surface area contributed by atoms with Gasteiger partial charge in [0.05, 0.1) is 13.0 Å². The van der Waals surface area contributed by atoms with E-state index in [1.807, 2.05) is 59.5 Å². The maximum atomic E-state index is 13.3. The Morgan fingerprint density at radius 3 is 2.34 bits per heavy atom. The Labute approximate surface area is 190 Å². The van der Waals surface area contributed by atoms with E-state index in [0.29, 0.717) is 6.54 Å². The van der Waals surface area contributed by atoms with E-state index in [4.69, 9.17) is 4.99 Å². The first-order chi connectivity index (χ1) is 15.5. The van der Waals surface area contributed by atoms with Gasteiger partial charge in [-0.25, -0.2) is 0 Å². The summed E-state index contributed by atoms with van der Waals surface area (Å²) in [7, 11) is 0. The third-order valence-electron chi connectivity index (χ3n) is 6.79. The number of carbonyl (C=O) groups is 2. The van der Waals surface area contributed by atoms with Gasteiger partial charge in [-0.05, 0) is 36.0 Å². The zero-order chi connectivity index (χ0) is 22.6. The van der Waals surface area contributed by atoms with Gasteiger partial charge in [-0.15, -0.1) is 0 Å². The van der Waals surface area contributed by atoms with Crippen molar-refractivity contribution in [1.82, 2.24) is 4.90 Å². The molecule has 2 aromatic carbocycles. The highest BCUT2D eigenvalue weighted by Gasteiger charge is 2.49. The monoisotopic (exact) mass is 432 g/mol. The summed E-state index contributed by atoms with van der Waals surface area (Å²) in [6.45, 7) is 2.68. The number of hydrogen-bond donors (Lipinski definition) is 1. The number of benzene rings is 2. The number of carbonyl (C=O) groups excluding carboxylic acids is 1. The molecule has 1 spiro atoms. The normalized spacial score (nSPS) is 18.2. The second-order valence-corrected chi connectivity index (χ2v) is 9.06. The average Bonchev–Trinajstić information content (AvgIpc) is 3.38. The molecule has 1 heterocycles. The van der Waals surface area contributed by atoms with Crippen LogP contribution in [0, 0.1) is 0 Å². The lowest BCUT2D eigenvalue weighted by molar-refractivity contribution is -0.137. The van der Waals surface area contributed by atoms with E-state index < -0.39 is 11.5 Å². The number of rotatable bonds is 9. The SMILES string of the molecule is CCCCC1=NC2(CCCC2)C(=O)N1Cc1ccc(C(CC(=O)O)c2ccccc2)cc1. The van der Waals surface area contributed by atoms with E-state index in [1.54, 1.807) is 0 Å². The largest absolute Gasteiger partial charge is 0.481 e. The van der Waals surface area contributed by atoms with Gasteiger partial charge >= 0.3 is 5.97 Å². The van der Waals surface area contributed by atoms with Crippen molar-refractivity contribution in [2.45, 2.75) is 76.3 Å². The number of hydrogen-bond acceptors (Lipinski definition) is 3. The number of aliphatic imine (C=N–C) groups is 1. The predicted octanol–water partition coefficient (Wildman–Crippen LogP) is 5.54. The number of carboxylic acids is 1. The minimum atomic E-state index is -0.816. The Morgan fingerprint density at radius 2 is 1.72 bits per heavy atom. The van der Waals surface area contributed by atoms with Crippen LogP contribution in [0.4, 0.5) is 0 Å². The standard InChI is InChI=1S/C27H32N2O3/c1-2-3-11-24-28-27(16-7-8-17-27)26(32)29(24)19-20-12-14-22(15-13-20)23(18-25(30)31)21-9-5-4-6-10-21/h4-6,9-10,12-15,23H,2-3,7-8,11,16-19H2,1H3,(H,30,31). The van der Waals surface area contributed by atoms with Crippen molar-refractivity contribution >= 4 is 17.7 Å². The number of aliphatic carboxylic acids is 1. The highest BCUT2D eigenvalue weighted by atomic mass is 16.4. The molecule has 0 bridgehead atoms. The Balaban J connectivity index is 1.54. The van der Waals surface area contributed by atoms with Gasteiger partial charge < -0.3 is 5.11 Å². The number of amides is 1. The van der Waals surface area contributed by atoms with Crippen LogP contribution in [0.2, 0.25) is 0 Å². The molecule has 1 N–H and O–H groups in total. The zero-order valence-electron chi connectivity index (χ0n) is 18.8. The fraction of sp³-hybridized carbons (Fsp3) is 0.444. The maximum absolute atomic E-state index is 13.3. The smallest absolute Gasteiger partial charge is 0.304 e. The Kier molecular flexibility index (Phi) is 6.73. The quantitative estimate of drug-likeness (QED) is 0.566. The van der Waals surface area contributed by atoms with E-state index in [0.717, 1.165) is 67.5 Å². The van der Waals surface area contributed by atoms with Crippen LogP contribution in [0.5, 0.6) is 0 Å². The van der Waals surface area contributed by atoms with Crippen LogP contribution in [0.3, 0.4) is 0 Å². The summed E-state index contributed by atoms with van der Waals surface area (Å²) < 4.78 is 0. The third-order valence-corrected chi connectivity index (χ3v) is 6.79. The zero-order valence-corrected chi connectivity index (χ0v) is 18.8. The maximum Gasteiger partial charge on any atom is 0.304 e. The Bertz CT molecular complexity index is 976. The van der Waals surface area contributed by atoms with E-state index in [1.165, 1.54) is 0 Å². The number of carboxylic acid groups (broad SMARTS) is 1. The predicted molar refractivity (Wildman–Crippen MR) is 126 cm³/mol. The molecular formula is C27H32N2O3. The lowest BCUT2D eigenvalue weighted by Gasteiger charge is -2.23. The molecule has 32 heavy (non-hydrogen) atoms. The lowest BCUT2D eigenvalue weighted by Crippen LogP contribution is -2.40. The second kappa shape index (κ2) is 9.68. The second-order valence-electron chi connectivity index (χ2n) is 9.06. The van der Waals surface area contributed by atoms with Gasteiger partial charge in [0.1, 0.15) is 11.4 Å². The first kappa shape index (κ1) is 22.3. The third kappa shape index (κ3) is 4.62. The topological polar surface area (TPSA) is 70.0 Å². The molecule has 1 unspecified atom stereocenters. The fourth-order valence-electron chi connectivity index (χ4n) is 5.02. The molecule has 168 valence electrons. The average molecular weight is 433 g/mol. The summed E-state index contributed by atoms with van der Waals surface area (Å²) in [4.78, 5) is 31.7. The molecular weight excluding hydrogens is 400 g/mol. The lowest BCUT2D eigenvalue weighted by atomic mass is 9.88. The molecule has 5 heteroatoms. The van der Waals surface area contributed by atoms with Crippen molar-refractivity contribution in [3.63, 3.8) is 0 Å². The van der Waals surface area contributed by atoms with Crippen molar-refractivity contribution in [2.75, 3.05) is 0 Å².